The van der Waals surface area contributed by atoms with Crippen LogP contribution >= 0.6 is 23.8 Å². The molecule has 1 aromatic heterocycles. The lowest BCUT2D eigenvalue weighted by molar-refractivity contribution is 0.462. The van der Waals surface area contributed by atoms with Crippen molar-refractivity contribution in [2.45, 2.75) is 6.92 Å². The molecule has 0 atom stereocenters. The molecule has 18 heavy (non-hydrogen) atoms. The Balaban J connectivity index is 2.31. The van der Waals surface area contributed by atoms with Gasteiger partial charge in [-0.05, 0) is 30.7 Å². The number of benzene rings is 1. The molecule has 2 aromatic rings. The van der Waals surface area contributed by atoms with E-state index in [-0.39, 0.29) is 4.99 Å². The third kappa shape index (κ3) is 2.97. The SMILES string of the molecule is Cc1ccc(Cl)c(Oc2cccc(C(N)=S)n2)c1. The van der Waals surface area contributed by atoms with Crippen LogP contribution in [0.4, 0.5) is 0 Å². The lowest BCUT2D eigenvalue weighted by Gasteiger charge is -2.08. The van der Waals surface area contributed by atoms with E-state index in [1.807, 2.05) is 19.1 Å². The van der Waals surface area contributed by atoms with Crippen molar-refractivity contribution in [1.82, 2.24) is 4.98 Å². The Morgan fingerprint density at radius 1 is 1.33 bits per heavy atom. The summed E-state index contributed by atoms with van der Waals surface area (Å²) in [5.41, 5.74) is 7.09. The van der Waals surface area contributed by atoms with Gasteiger partial charge in [0.05, 0.1) is 5.02 Å². The maximum Gasteiger partial charge on any atom is 0.219 e. The smallest absolute Gasteiger partial charge is 0.219 e. The number of nitrogens with two attached hydrogens (primary N) is 1. The first kappa shape index (κ1) is 12.8. The Kier molecular flexibility index (Phi) is 3.79. The Labute approximate surface area is 116 Å². The third-order valence-corrected chi connectivity index (χ3v) is 2.80. The van der Waals surface area contributed by atoms with Gasteiger partial charge in [0, 0.05) is 6.07 Å². The molecule has 1 aromatic carbocycles. The summed E-state index contributed by atoms with van der Waals surface area (Å²) < 4.78 is 5.62. The molecule has 0 spiro atoms. The average molecular weight is 279 g/mol. The van der Waals surface area contributed by atoms with E-state index in [1.54, 1.807) is 24.3 Å². The van der Waals surface area contributed by atoms with E-state index < -0.39 is 0 Å². The van der Waals surface area contributed by atoms with Crippen LogP contribution in [0, 0.1) is 6.92 Å². The molecule has 0 aliphatic rings. The first-order chi connectivity index (χ1) is 8.56. The average Bonchev–Trinajstić information content (AvgIpc) is 2.34. The summed E-state index contributed by atoms with van der Waals surface area (Å²) in [6.07, 6.45) is 0. The Morgan fingerprint density at radius 2 is 2.11 bits per heavy atom. The van der Waals surface area contributed by atoms with Crippen molar-refractivity contribution in [2.24, 2.45) is 5.73 Å². The molecule has 0 aliphatic heterocycles. The Hall–Kier alpha value is -1.65. The number of aromatic nitrogens is 1. The van der Waals surface area contributed by atoms with Gasteiger partial charge in [-0.15, -0.1) is 0 Å². The van der Waals surface area contributed by atoms with Gasteiger partial charge in [0.25, 0.3) is 0 Å². The van der Waals surface area contributed by atoms with Gasteiger partial charge >= 0.3 is 0 Å². The minimum Gasteiger partial charge on any atom is -0.437 e. The van der Waals surface area contributed by atoms with Crippen LogP contribution in [0.2, 0.25) is 5.02 Å². The number of ether oxygens (including phenoxy) is 1. The molecule has 1 heterocycles. The predicted octanol–water partition coefficient (Wildman–Crippen LogP) is 3.47. The second-order valence-electron chi connectivity index (χ2n) is 3.76. The second-order valence-corrected chi connectivity index (χ2v) is 4.61. The highest BCUT2D eigenvalue weighted by molar-refractivity contribution is 7.80. The fourth-order valence-electron chi connectivity index (χ4n) is 1.41. The molecule has 2 rings (SSSR count). The van der Waals surface area contributed by atoms with E-state index in [1.165, 1.54) is 0 Å². The van der Waals surface area contributed by atoms with Crippen molar-refractivity contribution in [3.05, 3.63) is 52.7 Å². The van der Waals surface area contributed by atoms with Crippen molar-refractivity contribution >= 4 is 28.8 Å². The summed E-state index contributed by atoms with van der Waals surface area (Å²) in [7, 11) is 0. The first-order valence-electron chi connectivity index (χ1n) is 5.27. The standard InChI is InChI=1S/C13H11ClN2OS/c1-8-5-6-9(14)11(7-8)17-12-4-2-3-10(16-12)13(15)18/h2-7H,1H3,(H2,15,18). The highest BCUT2D eigenvalue weighted by atomic mass is 35.5. The van der Waals surface area contributed by atoms with Crippen LogP contribution < -0.4 is 10.5 Å². The van der Waals surface area contributed by atoms with Crippen molar-refractivity contribution in [1.29, 1.82) is 0 Å². The number of nitrogens with zero attached hydrogens (tertiary/aromatic N) is 1. The van der Waals surface area contributed by atoms with Gasteiger partial charge in [-0.2, -0.15) is 0 Å². The van der Waals surface area contributed by atoms with Crippen molar-refractivity contribution in [3.8, 4) is 11.6 Å². The molecular formula is C13H11ClN2OS. The highest BCUT2D eigenvalue weighted by Gasteiger charge is 2.06. The molecule has 5 heteroatoms. The van der Waals surface area contributed by atoms with Gasteiger partial charge in [-0.3, -0.25) is 0 Å². The van der Waals surface area contributed by atoms with E-state index in [9.17, 15) is 0 Å². The van der Waals surface area contributed by atoms with Gasteiger partial charge in [-0.25, -0.2) is 4.98 Å². The van der Waals surface area contributed by atoms with Gasteiger partial charge in [-0.1, -0.05) is 36.0 Å². The lowest BCUT2D eigenvalue weighted by atomic mass is 10.2. The number of rotatable bonds is 3. The molecule has 0 aliphatic carbocycles. The fraction of sp³-hybridized carbons (Fsp3) is 0.0769. The van der Waals surface area contributed by atoms with Crippen LogP contribution in [0.5, 0.6) is 11.6 Å². The second kappa shape index (κ2) is 5.33. The number of hydrogen-bond acceptors (Lipinski definition) is 3. The number of aryl methyl sites for hydroxylation is 1. The maximum absolute atomic E-state index is 6.05. The normalized spacial score (nSPS) is 10.1. The quantitative estimate of drug-likeness (QED) is 0.874. The first-order valence-corrected chi connectivity index (χ1v) is 6.06. The molecule has 3 nitrogen and oxygen atoms in total. The van der Waals surface area contributed by atoms with Crippen LogP contribution in [0.25, 0.3) is 0 Å². The zero-order chi connectivity index (χ0) is 13.1. The van der Waals surface area contributed by atoms with Gasteiger partial charge in [0.2, 0.25) is 5.88 Å². The zero-order valence-corrected chi connectivity index (χ0v) is 11.3. The van der Waals surface area contributed by atoms with Crippen molar-refractivity contribution < 1.29 is 4.74 Å². The van der Waals surface area contributed by atoms with Crippen LogP contribution in [0.1, 0.15) is 11.3 Å². The van der Waals surface area contributed by atoms with E-state index in [4.69, 9.17) is 34.3 Å². The van der Waals surface area contributed by atoms with E-state index >= 15 is 0 Å². The van der Waals surface area contributed by atoms with Crippen LogP contribution in [0.15, 0.2) is 36.4 Å². The highest BCUT2D eigenvalue weighted by Crippen LogP contribution is 2.29. The summed E-state index contributed by atoms with van der Waals surface area (Å²) in [6.45, 7) is 1.96. The molecular weight excluding hydrogens is 268 g/mol. The van der Waals surface area contributed by atoms with Crippen molar-refractivity contribution in [3.63, 3.8) is 0 Å². The Morgan fingerprint density at radius 3 is 2.83 bits per heavy atom. The lowest BCUT2D eigenvalue weighted by Crippen LogP contribution is -2.11. The Bertz CT molecular complexity index is 601. The molecule has 0 radical (unpaired) electrons. The summed E-state index contributed by atoms with van der Waals surface area (Å²) >= 11 is 10.9. The summed E-state index contributed by atoms with van der Waals surface area (Å²) in [5.74, 6) is 0.969. The van der Waals surface area contributed by atoms with E-state index in [0.29, 0.717) is 22.3 Å². The summed E-state index contributed by atoms with van der Waals surface area (Å²) in [6, 6.07) is 10.8. The molecule has 0 unspecified atom stereocenters. The molecule has 0 saturated heterocycles. The van der Waals surface area contributed by atoms with E-state index in [2.05, 4.69) is 4.98 Å². The monoisotopic (exact) mass is 278 g/mol. The zero-order valence-electron chi connectivity index (χ0n) is 9.68. The van der Waals surface area contributed by atoms with E-state index in [0.717, 1.165) is 5.56 Å². The number of halogens is 1. The largest absolute Gasteiger partial charge is 0.437 e. The molecule has 0 saturated carbocycles. The minimum atomic E-state index is 0.232. The molecule has 92 valence electrons. The molecule has 0 amide bonds. The molecule has 0 bridgehead atoms. The summed E-state index contributed by atoms with van der Waals surface area (Å²) in [5, 5.41) is 0.531. The van der Waals surface area contributed by atoms with Gasteiger partial charge in [0.15, 0.2) is 0 Å². The predicted molar refractivity (Wildman–Crippen MR) is 76.4 cm³/mol. The number of pyridine rings is 1. The number of thiocarbonyl (C=S) groups is 1. The maximum atomic E-state index is 6.05. The fourth-order valence-corrected chi connectivity index (χ4v) is 1.68. The van der Waals surface area contributed by atoms with Gasteiger partial charge in [0.1, 0.15) is 16.4 Å². The van der Waals surface area contributed by atoms with Crippen LogP contribution in [-0.2, 0) is 0 Å². The molecule has 2 N–H and O–H groups in total. The van der Waals surface area contributed by atoms with Crippen molar-refractivity contribution in [2.75, 3.05) is 0 Å². The summed E-state index contributed by atoms with van der Waals surface area (Å²) in [4.78, 5) is 4.42. The van der Waals surface area contributed by atoms with Crippen LogP contribution in [0.3, 0.4) is 0 Å². The van der Waals surface area contributed by atoms with Crippen LogP contribution in [-0.4, -0.2) is 9.97 Å². The molecule has 0 fully saturated rings. The van der Waals surface area contributed by atoms with Gasteiger partial charge < -0.3 is 10.5 Å². The third-order valence-electron chi connectivity index (χ3n) is 2.28. The minimum absolute atomic E-state index is 0.232. The number of hydrogen-bond donors (Lipinski definition) is 1. The topological polar surface area (TPSA) is 48.1 Å².